The van der Waals surface area contributed by atoms with Gasteiger partial charge < -0.3 is 10.7 Å². The van der Waals surface area contributed by atoms with Gasteiger partial charge in [0, 0.05) is 16.5 Å². The smallest absolute Gasteiger partial charge is 0.256 e. The number of aromatic nitrogens is 1. The zero-order valence-corrected chi connectivity index (χ0v) is 8.22. The Labute approximate surface area is 81.6 Å². The van der Waals surface area contributed by atoms with Crippen LogP contribution in [0.15, 0.2) is 23.0 Å². The molecule has 14 heavy (non-hydrogen) atoms. The van der Waals surface area contributed by atoms with Crippen LogP contribution in [0.25, 0.3) is 10.8 Å². The number of nitrogens with two attached hydrogens (primary N) is 1. The Hall–Kier alpha value is -1.77. The number of aromatic amines is 1. The maximum atomic E-state index is 11.6. The van der Waals surface area contributed by atoms with Gasteiger partial charge in [0.25, 0.3) is 5.56 Å². The molecule has 72 valence electrons. The van der Waals surface area contributed by atoms with Crippen molar-refractivity contribution in [2.45, 2.75) is 13.8 Å². The number of anilines is 1. The Morgan fingerprint density at radius 3 is 2.71 bits per heavy atom. The van der Waals surface area contributed by atoms with Crippen molar-refractivity contribution in [2.24, 2.45) is 0 Å². The third-order valence-electron chi connectivity index (χ3n) is 2.49. The van der Waals surface area contributed by atoms with E-state index in [1.54, 1.807) is 6.07 Å². The van der Waals surface area contributed by atoms with Crippen molar-refractivity contribution in [3.8, 4) is 0 Å². The SMILES string of the molecule is Cc1[nH]c(=O)c2cccc(C)c2c1N. The Bertz CT molecular complexity index is 555. The zero-order chi connectivity index (χ0) is 10.3. The summed E-state index contributed by atoms with van der Waals surface area (Å²) in [6.07, 6.45) is 0. The number of rotatable bonds is 0. The lowest BCUT2D eigenvalue weighted by Gasteiger charge is -2.07. The Balaban J connectivity index is 3.11. The van der Waals surface area contributed by atoms with Crippen LogP contribution in [0.5, 0.6) is 0 Å². The molecule has 0 radical (unpaired) electrons. The standard InChI is InChI=1S/C11H12N2O/c1-6-4-3-5-8-9(6)10(12)7(2)13-11(8)14/h3-5H,12H2,1-2H3,(H,13,14). The molecule has 2 aromatic rings. The number of pyridine rings is 1. The van der Waals surface area contributed by atoms with Gasteiger partial charge in [0.15, 0.2) is 0 Å². The molecule has 2 rings (SSSR count). The molecule has 0 saturated heterocycles. The van der Waals surface area contributed by atoms with Gasteiger partial charge in [-0.05, 0) is 25.5 Å². The van der Waals surface area contributed by atoms with Crippen LogP contribution < -0.4 is 11.3 Å². The van der Waals surface area contributed by atoms with Crippen LogP contribution in [0.2, 0.25) is 0 Å². The summed E-state index contributed by atoms with van der Waals surface area (Å²) >= 11 is 0. The normalized spacial score (nSPS) is 10.7. The Kier molecular flexibility index (Phi) is 1.81. The van der Waals surface area contributed by atoms with Crippen molar-refractivity contribution >= 4 is 16.5 Å². The van der Waals surface area contributed by atoms with Crippen LogP contribution in [0, 0.1) is 13.8 Å². The minimum atomic E-state index is -0.0737. The Morgan fingerprint density at radius 1 is 1.29 bits per heavy atom. The van der Waals surface area contributed by atoms with Crippen LogP contribution in [0.1, 0.15) is 11.3 Å². The van der Waals surface area contributed by atoms with Crippen LogP contribution in [-0.2, 0) is 0 Å². The molecule has 3 N–H and O–H groups in total. The fourth-order valence-corrected chi connectivity index (χ4v) is 1.71. The predicted molar refractivity (Wildman–Crippen MR) is 58.5 cm³/mol. The van der Waals surface area contributed by atoms with Crippen molar-refractivity contribution in [3.05, 3.63) is 39.8 Å². The third-order valence-corrected chi connectivity index (χ3v) is 2.49. The summed E-state index contributed by atoms with van der Waals surface area (Å²) in [5.41, 5.74) is 8.28. The van der Waals surface area contributed by atoms with Gasteiger partial charge in [-0.15, -0.1) is 0 Å². The van der Waals surface area contributed by atoms with E-state index in [9.17, 15) is 4.79 Å². The first kappa shape index (κ1) is 8.81. The average molecular weight is 188 g/mol. The second-order valence-electron chi connectivity index (χ2n) is 3.49. The molecule has 3 heteroatoms. The lowest BCUT2D eigenvalue weighted by molar-refractivity contribution is 1.17. The van der Waals surface area contributed by atoms with Crippen molar-refractivity contribution in [3.63, 3.8) is 0 Å². The molecule has 0 bridgehead atoms. The number of H-pyrrole nitrogens is 1. The second-order valence-corrected chi connectivity index (χ2v) is 3.49. The van der Waals surface area contributed by atoms with Gasteiger partial charge in [-0.25, -0.2) is 0 Å². The van der Waals surface area contributed by atoms with Gasteiger partial charge in [-0.3, -0.25) is 4.79 Å². The topological polar surface area (TPSA) is 58.9 Å². The summed E-state index contributed by atoms with van der Waals surface area (Å²) in [7, 11) is 0. The molecule has 1 heterocycles. The second kappa shape index (κ2) is 2.87. The van der Waals surface area contributed by atoms with Crippen molar-refractivity contribution in [2.75, 3.05) is 5.73 Å². The fraction of sp³-hybridized carbons (Fsp3) is 0.182. The predicted octanol–water partition coefficient (Wildman–Crippen LogP) is 1.73. The van der Waals surface area contributed by atoms with Crippen molar-refractivity contribution < 1.29 is 0 Å². The lowest BCUT2D eigenvalue weighted by atomic mass is 10.0. The van der Waals surface area contributed by atoms with E-state index in [2.05, 4.69) is 4.98 Å². The number of hydrogen-bond donors (Lipinski definition) is 2. The van der Waals surface area contributed by atoms with Gasteiger partial charge in [0.1, 0.15) is 0 Å². The summed E-state index contributed by atoms with van der Waals surface area (Å²) in [6.45, 7) is 3.76. The van der Waals surface area contributed by atoms with E-state index in [0.717, 1.165) is 16.6 Å². The first-order chi connectivity index (χ1) is 6.61. The largest absolute Gasteiger partial charge is 0.397 e. The molecule has 0 amide bonds. The monoisotopic (exact) mass is 188 g/mol. The lowest BCUT2D eigenvalue weighted by Crippen LogP contribution is -2.11. The molecule has 3 nitrogen and oxygen atoms in total. The summed E-state index contributed by atoms with van der Waals surface area (Å²) in [4.78, 5) is 14.3. The van der Waals surface area contributed by atoms with Crippen LogP contribution in [-0.4, -0.2) is 4.98 Å². The molecule has 0 aliphatic rings. The first-order valence-corrected chi connectivity index (χ1v) is 4.49. The molecule has 0 saturated carbocycles. The highest BCUT2D eigenvalue weighted by atomic mass is 16.1. The van der Waals surface area contributed by atoms with Gasteiger partial charge in [-0.2, -0.15) is 0 Å². The van der Waals surface area contributed by atoms with E-state index in [0.29, 0.717) is 11.1 Å². The van der Waals surface area contributed by atoms with Gasteiger partial charge >= 0.3 is 0 Å². The molecule has 0 unspecified atom stereocenters. The summed E-state index contributed by atoms with van der Waals surface area (Å²) in [5.74, 6) is 0. The van der Waals surface area contributed by atoms with Crippen LogP contribution >= 0.6 is 0 Å². The minimum absolute atomic E-state index is 0.0737. The first-order valence-electron chi connectivity index (χ1n) is 4.49. The number of benzene rings is 1. The fourth-order valence-electron chi connectivity index (χ4n) is 1.71. The van der Waals surface area contributed by atoms with E-state index in [-0.39, 0.29) is 5.56 Å². The minimum Gasteiger partial charge on any atom is -0.397 e. The number of nitrogen functional groups attached to an aromatic ring is 1. The van der Waals surface area contributed by atoms with Crippen molar-refractivity contribution in [1.29, 1.82) is 0 Å². The maximum absolute atomic E-state index is 11.6. The highest BCUT2D eigenvalue weighted by molar-refractivity contribution is 5.95. The molecule has 0 spiro atoms. The molecule has 0 aliphatic carbocycles. The number of aryl methyl sites for hydroxylation is 2. The maximum Gasteiger partial charge on any atom is 0.256 e. The highest BCUT2D eigenvalue weighted by Gasteiger charge is 2.06. The van der Waals surface area contributed by atoms with Crippen molar-refractivity contribution in [1.82, 2.24) is 4.98 Å². The molecular weight excluding hydrogens is 176 g/mol. The number of fused-ring (bicyclic) bond motifs is 1. The van der Waals surface area contributed by atoms with E-state index in [1.807, 2.05) is 26.0 Å². The highest BCUT2D eigenvalue weighted by Crippen LogP contribution is 2.22. The van der Waals surface area contributed by atoms with Gasteiger partial charge in [0.2, 0.25) is 0 Å². The van der Waals surface area contributed by atoms with Gasteiger partial charge in [-0.1, -0.05) is 12.1 Å². The van der Waals surface area contributed by atoms with Gasteiger partial charge in [0.05, 0.1) is 5.69 Å². The molecule has 1 aromatic carbocycles. The molecule has 0 atom stereocenters. The van der Waals surface area contributed by atoms with E-state index in [1.165, 1.54) is 0 Å². The summed E-state index contributed by atoms with van der Waals surface area (Å²) in [5, 5.41) is 1.53. The van der Waals surface area contributed by atoms with Crippen LogP contribution in [0.3, 0.4) is 0 Å². The Morgan fingerprint density at radius 2 is 2.00 bits per heavy atom. The summed E-state index contributed by atoms with van der Waals surface area (Å²) < 4.78 is 0. The van der Waals surface area contributed by atoms with E-state index in [4.69, 9.17) is 5.73 Å². The number of nitrogens with one attached hydrogen (secondary N) is 1. The zero-order valence-electron chi connectivity index (χ0n) is 8.22. The van der Waals surface area contributed by atoms with E-state index < -0.39 is 0 Å². The average Bonchev–Trinajstić information content (AvgIpc) is 2.14. The van der Waals surface area contributed by atoms with E-state index >= 15 is 0 Å². The van der Waals surface area contributed by atoms with Crippen LogP contribution in [0.4, 0.5) is 5.69 Å². The molecular formula is C11H12N2O. The molecule has 0 fully saturated rings. The summed E-state index contributed by atoms with van der Waals surface area (Å²) in [6, 6.07) is 5.61. The third kappa shape index (κ3) is 1.09. The number of hydrogen-bond acceptors (Lipinski definition) is 2. The molecule has 1 aromatic heterocycles. The quantitative estimate of drug-likeness (QED) is 0.661. The molecule has 0 aliphatic heterocycles.